The minimum absolute atomic E-state index is 0.0416. The standard InChI is InChI=1S/C13H14N2O4/c1-6-4-7(6)2-3-8-5-9(16)19-12-10(8)11(17)14-13(18)15-12/h5-7H,2-4H2,1H3,(H2,14,15,17,18). The van der Waals surface area contributed by atoms with E-state index in [0.29, 0.717) is 17.9 Å². The second kappa shape index (κ2) is 4.22. The number of aryl methyl sites for hydroxylation is 1. The zero-order valence-corrected chi connectivity index (χ0v) is 10.5. The van der Waals surface area contributed by atoms with Crippen molar-refractivity contribution in [1.29, 1.82) is 0 Å². The summed E-state index contributed by atoms with van der Waals surface area (Å²) in [5, 5.41) is 0.271. The minimum atomic E-state index is -0.673. The molecule has 1 aliphatic carbocycles. The summed E-state index contributed by atoms with van der Waals surface area (Å²) >= 11 is 0. The molecule has 100 valence electrons. The van der Waals surface area contributed by atoms with Crippen molar-refractivity contribution in [2.24, 2.45) is 11.8 Å². The quantitative estimate of drug-likeness (QED) is 0.853. The van der Waals surface area contributed by atoms with E-state index in [-0.39, 0.29) is 11.1 Å². The van der Waals surface area contributed by atoms with E-state index in [9.17, 15) is 14.4 Å². The van der Waals surface area contributed by atoms with Crippen LogP contribution in [-0.4, -0.2) is 9.97 Å². The molecule has 3 rings (SSSR count). The van der Waals surface area contributed by atoms with Gasteiger partial charge in [-0.25, -0.2) is 9.59 Å². The van der Waals surface area contributed by atoms with Crippen LogP contribution < -0.4 is 16.9 Å². The highest BCUT2D eigenvalue weighted by molar-refractivity contribution is 5.75. The van der Waals surface area contributed by atoms with Crippen LogP contribution in [0.15, 0.2) is 24.9 Å². The third-order valence-corrected chi connectivity index (χ3v) is 3.78. The molecule has 2 unspecified atom stereocenters. The lowest BCUT2D eigenvalue weighted by atomic mass is 10.1. The molecular formula is C13H14N2O4. The SMILES string of the molecule is CC1CC1CCc1cc(=O)oc2[nH]c(=O)[nH]c(=O)c12. The molecule has 0 bridgehead atoms. The van der Waals surface area contributed by atoms with Gasteiger partial charge in [-0.05, 0) is 36.7 Å². The van der Waals surface area contributed by atoms with Gasteiger partial charge in [0.15, 0.2) is 0 Å². The molecule has 0 saturated heterocycles. The Bertz CT molecular complexity index is 793. The first kappa shape index (κ1) is 12.0. The summed E-state index contributed by atoms with van der Waals surface area (Å²) in [4.78, 5) is 38.9. The lowest BCUT2D eigenvalue weighted by molar-refractivity contribution is 0.543. The minimum Gasteiger partial charge on any atom is -0.405 e. The first-order valence-electron chi connectivity index (χ1n) is 6.34. The van der Waals surface area contributed by atoms with Crippen molar-refractivity contribution < 1.29 is 4.42 Å². The summed E-state index contributed by atoms with van der Waals surface area (Å²) < 4.78 is 4.88. The Kier molecular flexibility index (Phi) is 2.66. The van der Waals surface area contributed by atoms with Crippen LogP contribution in [0.5, 0.6) is 0 Å². The fourth-order valence-corrected chi connectivity index (χ4v) is 2.52. The number of nitrogens with one attached hydrogen (secondary N) is 2. The van der Waals surface area contributed by atoms with E-state index in [2.05, 4.69) is 16.9 Å². The molecule has 19 heavy (non-hydrogen) atoms. The van der Waals surface area contributed by atoms with Gasteiger partial charge in [-0.15, -0.1) is 0 Å². The number of rotatable bonds is 3. The van der Waals surface area contributed by atoms with E-state index in [1.54, 1.807) is 0 Å². The number of aromatic amines is 2. The first-order valence-corrected chi connectivity index (χ1v) is 6.34. The Labute approximate surface area is 107 Å². The van der Waals surface area contributed by atoms with Gasteiger partial charge in [0.25, 0.3) is 5.56 Å². The fourth-order valence-electron chi connectivity index (χ4n) is 2.52. The molecule has 6 nitrogen and oxygen atoms in total. The molecule has 0 amide bonds. The van der Waals surface area contributed by atoms with E-state index < -0.39 is 16.9 Å². The molecule has 2 aromatic rings. The van der Waals surface area contributed by atoms with Crippen LogP contribution in [0.2, 0.25) is 0 Å². The number of fused-ring (bicyclic) bond motifs is 1. The molecule has 2 N–H and O–H groups in total. The van der Waals surface area contributed by atoms with Crippen LogP contribution in [0.3, 0.4) is 0 Å². The zero-order valence-electron chi connectivity index (χ0n) is 10.5. The topological polar surface area (TPSA) is 95.9 Å². The lowest BCUT2D eigenvalue weighted by Gasteiger charge is -2.03. The van der Waals surface area contributed by atoms with Gasteiger partial charge in [-0.2, -0.15) is 0 Å². The van der Waals surface area contributed by atoms with Gasteiger partial charge in [-0.3, -0.25) is 14.8 Å². The van der Waals surface area contributed by atoms with E-state index >= 15 is 0 Å². The predicted octanol–water partition coefficient (Wildman–Crippen LogP) is 0.758. The van der Waals surface area contributed by atoms with Crippen LogP contribution in [0.4, 0.5) is 0 Å². The summed E-state index contributed by atoms with van der Waals surface area (Å²) in [6, 6.07) is 1.34. The summed E-state index contributed by atoms with van der Waals surface area (Å²) in [5.41, 5.74) is -1.13. The van der Waals surface area contributed by atoms with Crippen molar-refractivity contribution in [2.75, 3.05) is 0 Å². The Morgan fingerprint density at radius 2 is 2.05 bits per heavy atom. The third-order valence-electron chi connectivity index (χ3n) is 3.78. The molecule has 0 aliphatic heterocycles. The zero-order chi connectivity index (χ0) is 13.6. The average molecular weight is 262 g/mol. The van der Waals surface area contributed by atoms with Crippen LogP contribution in [0.1, 0.15) is 25.3 Å². The van der Waals surface area contributed by atoms with Crippen molar-refractivity contribution >= 4 is 11.1 Å². The van der Waals surface area contributed by atoms with E-state index in [0.717, 1.165) is 12.3 Å². The monoisotopic (exact) mass is 262 g/mol. The molecule has 1 saturated carbocycles. The van der Waals surface area contributed by atoms with Gasteiger partial charge in [0.2, 0.25) is 5.71 Å². The summed E-state index contributed by atoms with van der Waals surface area (Å²) in [6.45, 7) is 2.19. The average Bonchev–Trinajstić information content (AvgIpc) is 3.00. The normalized spacial score (nSPS) is 21.7. The third kappa shape index (κ3) is 2.25. The van der Waals surface area contributed by atoms with Gasteiger partial charge in [0.1, 0.15) is 5.39 Å². The van der Waals surface area contributed by atoms with Crippen molar-refractivity contribution in [3.8, 4) is 0 Å². The molecule has 6 heteroatoms. The summed E-state index contributed by atoms with van der Waals surface area (Å²) in [7, 11) is 0. The molecule has 2 heterocycles. The number of hydrogen-bond acceptors (Lipinski definition) is 4. The van der Waals surface area contributed by atoms with Crippen LogP contribution >= 0.6 is 0 Å². The van der Waals surface area contributed by atoms with Gasteiger partial charge < -0.3 is 4.42 Å². The molecule has 0 spiro atoms. The molecular weight excluding hydrogens is 248 g/mol. The second-order valence-electron chi connectivity index (χ2n) is 5.21. The van der Waals surface area contributed by atoms with Crippen molar-refractivity contribution in [3.05, 3.63) is 42.9 Å². The Hall–Kier alpha value is -2.11. The Morgan fingerprint density at radius 1 is 1.32 bits per heavy atom. The summed E-state index contributed by atoms with van der Waals surface area (Å²) in [5.74, 6) is 1.40. The van der Waals surface area contributed by atoms with Crippen molar-refractivity contribution in [1.82, 2.24) is 9.97 Å². The summed E-state index contributed by atoms with van der Waals surface area (Å²) in [6.07, 6.45) is 2.79. The van der Waals surface area contributed by atoms with Crippen LogP contribution in [0, 0.1) is 11.8 Å². The second-order valence-corrected chi connectivity index (χ2v) is 5.21. The highest BCUT2D eigenvalue weighted by Crippen LogP contribution is 2.41. The number of hydrogen-bond donors (Lipinski definition) is 2. The smallest absolute Gasteiger partial charge is 0.337 e. The maximum Gasteiger partial charge on any atom is 0.337 e. The van der Waals surface area contributed by atoms with Crippen LogP contribution in [-0.2, 0) is 6.42 Å². The largest absolute Gasteiger partial charge is 0.405 e. The van der Waals surface area contributed by atoms with Gasteiger partial charge in [-0.1, -0.05) is 6.92 Å². The van der Waals surface area contributed by atoms with Crippen LogP contribution in [0.25, 0.3) is 11.1 Å². The highest BCUT2D eigenvalue weighted by Gasteiger charge is 2.31. The maximum atomic E-state index is 11.8. The highest BCUT2D eigenvalue weighted by atomic mass is 16.4. The molecule has 0 aromatic carbocycles. The molecule has 2 atom stereocenters. The number of aromatic nitrogens is 2. The van der Waals surface area contributed by atoms with E-state index in [4.69, 9.17) is 4.42 Å². The van der Waals surface area contributed by atoms with E-state index in [1.807, 2.05) is 0 Å². The van der Waals surface area contributed by atoms with Crippen molar-refractivity contribution in [3.63, 3.8) is 0 Å². The van der Waals surface area contributed by atoms with Gasteiger partial charge >= 0.3 is 11.3 Å². The molecule has 0 radical (unpaired) electrons. The van der Waals surface area contributed by atoms with E-state index in [1.165, 1.54) is 12.5 Å². The van der Waals surface area contributed by atoms with Crippen molar-refractivity contribution in [2.45, 2.75) is 26.2 Å². The fraction of sp³-hybridized carbons (Fsp3) is 0.462. The number of H-pyrrole nitrogens is 2. The first-order chi connectivity index (χ1) is 9.04. The Balaban J connectivity index is 2.09. The molecule has 1 fully saturated rings. The Morgan fingerprint density at radius 3 is 2.74 bits per heavy atom. The lowest BCUT2D eigenvalue weighted by Crippen LogP contribution is -2.24. The predicted molar refractivity (Wildman–Crippen MR) is 69.3 cm³/mol. The molecule has 1 aliphatic rings. The van der Waals surface area contributed by atoms with Gasteiger partial charge in [0.05, 0.1) is 0 Å². The van der Waals surface area contributed by atoms with Gasteiger partial charge in [0, 0.05) is 6.07 Å². The molecule has 2 aromatic heterocycles. The maximum absolute atomic E-state index is 11.8.